The second-order valence-electron chi connectivity index (χ2n) is 8.15. The van der Waals surface area contributed by atoms with Gasteiger partial charge in [-0.15, -0.1) is 0 Å². The van der Waals surface area contributed by atoms with Crippen molar-refractivity contribution in [2.24, 2.45) is 17.4 Å². The van der Waals surface area contributed by atoms with Crippen molar-refractivity contribution in [3.63, 3.8) is 0 Å². The second kappa shape index (κ2) is 9.62. The number of nitrogens with one attached hydrogen (secondary N) is 1. The summed E-state index contributed by atoms with van der Waals surface area (Å²) < 4.78 is 29.2. The molecule has 166 valence electrons. The lowest BCUT2D eigenvalue weighted by atomic mass is 9.72. The number of nitrogens with two attached hydrogens (primary N) is 2. The molecule has 2 aromatic carbocycles. The van der Waals surface area contributed by atoms with Crippen molar-refractivity contribution in [3.8, 4) is 0 Å². The topological polar surface area (TPSA) is 132 Å². The third kappa shape index (κ3) is 5.32. The van der Waals surface area contributed by atoms with Crippen molar-refractivity contribution >= 4 is 21.8 Å². The fraction of sp³-hybridized carbons (Fsp3) is 0.391. The van der Waals surface area contributed by atoms with Crippen molar-refractivity contribution in [1.29, 1.82) is 0 Å². The molecule has 1 fully saturated rings. The Bertz CT molecular complexity index is 1020. The third-order valence-corrected chi connectivity index (χ3v) is 7.68. The molecule has 0 heterocycles. The summed E-state index contributed by atoms with van der Waals surface area (Å²) in [5.41, 5.74) is 11.0. The highest BCUT2D eigenvalue weighted by molar-refractivity contribution is 7.89. The first-order chi connectivity index (χ1) is 14.7. The Kier molecular flexibility index (Phi) is 7.12. The molecule has 2 aromatic rings. The second-order valence-corrected chi connectivity index (χ2v) is 9.83. The first-order valence-electron chi connectivity index (χ1n) is 10.5. The molecule has 2 amide bonds. The highest BCUT2D eigenvalue weighted by Crippen LogP contribution is 2.37. The van der Waals surface area contributed by atoms with Crippen LogP contribution < -0.4 is 16.2 Å². The van der Waals surface area contributed by atoms with Gasteiger partial charge in [0.1, 0.15) is 5.54 Å². The number of amides is 2. The van der Waals surface area contributed by atoms with E-state index in [-0.39, 0.29) is 22.8 Å². The van der Waals surface area contributed by atoms with Gasteiger partial charge < -0.3 is 11.5 Å². The standard InChI is InChI=1S/C23H29N3O4S/c24-21(27)18-11-13-20(14-12-18)31(29,30)26-23(22(25)28,19-9-5-2-6-10-19)16-15-17-7-3-1-4-8-17/h1,3-4,7-8,11-14,19,26H,2,5-6,9-10,15-16H2,(H2,24,27)(H2,25,28). The van der Waals surface area contributed by atoms with Gasteiger partial charge in [-0.25, -0.2) is 8.42 Å². The molecular weight excluding hydrogens is 414 g/mol. The zero-order chi connectivity index (χ0) is 22.5. The highest BCUT2D eigenvalue weighted by atomic mass is 32.2. The molecule has 1 unspecified atom stereocenters. The SMILES string of the molecule is NC(=O)c1ccc(S(=O)(=O)NC(CCc2ccccc2)(C(N)=O)C2CCCCC2)cc1. The van der Waals surface area contributed by atoms with Crippen molar-refractivity contribution in [1.82, 2.24) is 4.72 Å². The fourth-order valence-corrected chi connectivity index (χ4v) is 5.85. The van der Waals surface area contributed by atoms with E-state index < -0.39 is 27.4 Å². The van der Waals surface area contributed by atoms with Crippen LogP contribution in [0.5, 0.6) is 0 Å². The lowest BCUT2D eigenvalue weighted by molar-refractivity contribution is -0.126. The van der Waals surface area contributed by atoms with Gasteiger partial charge in [0, 0.05) is 5.56 Å². The quantitative estimate of drug-likeness (QED) is 0.549. The minimum absolute atomic E-state index is 0.0429. The first kappa shape index (κ1) is 23.0. The summed E-state index contributed by atoms with van der Waals surface area (Å²) >= 11 is 0. The molecule has 0 saturated heterocycles. The molecule has 0 bridgehead atoms. The number of primary amides is 2. The van der Waals surface area contributed by atoms with E-state index in [1.807, 2.05) is 30.3 Å². The lowest BCUT2D eigenvalue weighted by Crippen LogP contribution is -2.62. The average molecular weight is 444 g/mol. The van der Waals surface area contributed by atoms with Crippen LogP contribution in [-0.2, 0) is 21.2 Å². The fourth-order valence-electron chi connectivity index (χ4n) is 4.39. The molecule has 3 rings (SSSR count). The molecule has 5 N–H and O–H groups in total. The lowest BCUT2D eigenvalue weighted by Gasteiger charge is -2.40. The van der Waals surface area contributed by atoms with Crippen LogP contribution in [0.25, 0.3) is 0 Å². The summed E-state index contributed by atoms with van der Waals surface area (Å²) in [5, 5.41) is 0. The Balaban J connectivity index is 1.95. The van der Waals surface area contributed by atoms with Crippen LogP contribution >= 0.6 is 0 Å². The maximum Gasteiger partial charge on any atom is 0.248 e. The van der Waals surface area contributed by atoms with Gasteiger partial charge in [0.2, 0.25) is 21.8 Å². The van der Waals surface area contributed by atoms with E-state index in [2.05, 4.69) is 4.72 Å². The summed E-state index contributed by atoms with van der Waals surface area (Å²) in [7, 11) is -4.06. The Labute approximate surface area is 183 Å². The van der Waals surface area contributed by atoms with Crippen molar-refractivity contribution in [3.05, 3.63) is 65.7 Å². The summed E-state index contributed by atoms with van der Waals surface area (Å²) in [5.74, 6) is -1.48. The zero-order valence-electron chi connectivity index (χ0n) is 17.4. The summed E-state index contributed by atoms with van der Waals surface area (Å²) in [4.78, 5) is 24.1. The largest absolute Gasteiger partial charge is 0.368 e. The minimum atomic E-state index is -4.06. The molecule has 8 heteroatoms. The predicted molar refractivity (Wildman–Crippen MR) is 119 cm³/mol. The van der Waals surface area contributed by atoms with Crippen LogP contribution in [0.2, 0.25) is 0 Å². The molecule has 0 aromatic heterocycles. The monoisotopic (exact) mass is 443 g/mol. The van der Waals surface area contributed by atoms with E-state index in [0.717, 1.165) is 37.7 Å². The molecule has 1 aliphatic carbocycles. The van der Waals surface area contributed by atoms with Crippen LogP contribution in [0, 0.1) is 5.92 Å². The van der Waals surface area contributed by atoms with Crippen LogP contribution in [0.1, 0.15) is 54.4 Å². The van der Waals surface area contributed by atoms with Gasteiger partial charge in [0.15, 0.2) is 0 Å². The first-order valence-corrected chi connectivity index (χ1v) is 12.0. The van der Waals surface area contributed by atoms with E-state index >= 15 is 0 Å². The number of carbonyl (C=O) groups is 2. The van der Waals surface area contributed by atoms with E-state index in [1.54, 1.807) is 0 Å². The van der Waals surface area contributed by atoms with E-state index in [0.29, 0.717) is 6.42 Å². The summed E-state index contributed by atoms with van der Waals surface area (Å²) in [6.07, 6.45) is 5.19. The van der Waals surface area contributed by atoms with E-state index in [4.69, 9.17) is 11.5 Å². The molecule has 0 radical (unpaired) electrons. The maximum absolute atomic E-state index is 13.3. The average Bonchev–Trinajstić information content (AvgIpc) is 2.78. The van der Waals surface area contributed by atoms with Gasteiger partial charge in [-0.2, -0.15) is 4.72 Å². The highest BCUT2D eigenvalue weighted by Gasteiger charge is 2.47. The van der Waals surface area contributed by atoms with Crippen molar-refractivity contribution in [2.45, 2.75) is 55.4 Å². The van der Waals surface area contributed by atoms with Crippen LogP contribution in [0.3, 0.4) is 0 Å². The maximum atomic E-state index is 13.3. The van der Waals surface area contributed by atoms with Crippen LogP contribution in [0.4, 0.5) is 0 Å². The normalized spacial score (nSPS) is 17.0. The smallest absolute Gasteiger partial charge is 0.248 e. The van der Waals surface area contributed by atoms with Crippen molar-refractivity contribution < 1.29 is 18.0 Å². The van der Waals surface area contributed by atoms with Crippen LogP contribution in [-0.4, -0.2) is 25.8 Å². The van der Waals surface area contributed by atoms with Crippen molar-refractivity contribution in [2.75, 3.05) is 0 Å². The molecule has 1 atom stereocenters. The summed E-state index contributed by atoms with van der Waals surface area (Å²) in [6, 6.07) is 15.0. The van der Waals surface area contributed by atoms with Gasteiger partial charge in [-0.05, 0) is 61.4 Å². The Morgan fingerprint density at radius 2 is 1.55 bits per heavy atom. The summed E-state index contributed by atoms with van der Waals surface area (Å²) in [6.45, 7) is 0. The predicted octanol–water partition coefficient (Wildman–Crippen LogP) is 2.50. The number of carbonyl (C=O) groups excluding carboxylic acids is 2. The Morgan fingerprint density at radius 1 is 0.935 bits per heavy atom. The van der Waals surface area contributed by atoms with Gasteiger partial charge in [0.25, 0.3) is 0 Å². The van der Waals surface area contributed by atoms with E-state index in [9.17, 15) is 18.0 Å². The van der Waals surface area contributed by atoms with Crippen LogP contribution in [0.15, 0.2) is 59.5 Å². The van der Waals surface area contributed by atoms with Gasteiger partial charge in [-0.3, -0.25) is 9.59 Å². The number of hydrogen-bond acceptors (Lipinski definition) is 4. The zero-order valence-corrected chi connectivity index (χ0v) is 18.2. The number of sulfonamides is 1. The minimum Gasteiger partial charge on any atom is -0.368 e. The molecule has 7 nitrogen and oxygen atoms in total. The molecule has 31 heavy (non-hydrogen) atoms. The van der Waals surface area contributed by atoms with Gasteiger partial charge >= 0.3 is 0 Å². The molecular formula is C23H29N3O4S. The number of rotatable bonds is 9. The van der Waals surface area contributed by atoms with Gasteiger partial charge in [0.05, 0.1) is 4.90 Å². The molecule has 0 aliphatic heterocycles. The van der Waals surface area contributed by atoms with E-state index in [1.165, 1.54) is 24.3 Å². The number of aryl methyl sites for hydroxylation is 1. The molecule has 0 spiro atoms. The third-order valence-electron chi connectivity index (χ3n) is 6.16. The number of benzene rings is 2. The number of hydrogen-bond donors (Lipinski definition) is 3. The Morgan fingerprint density at radius 3 is 2.10 bits per heavy atom. The molecule has 1 saturated carbocycles. The Hall–Kier alpha value is -2.71. The molecule has 1 aliphatic rings. The van der Waals surface area contributed by atoms with Gasteiger partial charge in [-0.1, -0.05) is 49.6 Å².